The molecular formula is C13H12N2O3. The smallest absolute Gasteiger partial charge is 0.354 e. The van der Waals surface area contributed by atoms with Gasteiger partial charge in [0, 0.05) is 11.8 Å². The van der Waals surface area contributed by atoms with E-state index in [9.17, 15) is 4.79 Å². The Labute approximate surface area is 104 Å². The van der Waals surface area contributed by atoms with Gasteiger partial charge < -0.3 is 9.84 Å². The van der Waals surface area contributed by atoms with E-state index in [4.69, 9.17) is 9.84 Å². The first-order chi connectivity index (χ1) is 8.70. The summed E-state index contributed by atoms with van der Waals surface area (Å²) in [7, 11) is 0. The summed E-state index contributed by atoms with van der Waals surface area (Å²) in [4.78, 5) is 18.9. The largest absolute Gasteiger partial charge is 0.494 e. The molecule has 0 saturated heterocycles. The van der Waals surface area contributed by atoms with Gasteiger partial charge in [0.25, 0.3) is 0 Å². The van der Waals surface area contributed by atoms with Gasteiger partial charge in [0.2, 0.25) is 0 Å². The van der Waals surface area contributed by atoms with Gasteiger partial charge in [-0.05, 0) is 25.1 Å². The summed E-state index contributed by atoms with van der Waals surface area (Å²) in [5.41, 5.74) is 0.700. The van der Waals surface area contributed by atoms with Crippen molar-refractivity contribution in [3.8, 4) is 17.1 Å². The third kappa shape index (κ3) is 2.63. The number of aromatic nitrogens is 2. The number of hydrogen-bond donors (Lipinski definition) is 1. The van der Waals surface area contributed by atoms with Gasteiger partial charge in [-0.25, -0.2) is 14.8 Å². The highest BCUT2D eigenvalue weighted by Crippen LogP contribution is 2.20. The molecule has 92 valence electrons. The van der Waals surface area contributed by atoms with E-state index in [0.717, 1.165) is 5.56 Å². The molecule has 0 radical (unpaired) electrons. The van der Waals surface area contributed by atoms with Gasteiger partial charge in [0.1, 0.15) is 5.75 Å². The Morgan fingerprint density at radius 3 is 2.94 bits per heavy atom. The quantitative estimate of drug-likeness (QED) is 0.892. The first-order valence-corrected chi connectivity index (χ1v) is 5.50. The first kappa shape index (κ1) is 12.0. The van der Waals surface area contributed by atoms with E-state index in [0.29, 0.717) is 18.2 Å². The molecule has 1 aromatic carbocycles. The molecule has 1 N–H and O–H groups in total. The SMILES string of the molecule is CCOc1cccc(-c2nccc(C(=O)O)n2)c1. The normalized spacial score (nSPS) is 10.1. The zero-order valence-electron chi connectivity index (χ0n) is 9.83. The second-order valence-corrected chi connectivity index (χ2v) is 3.53. The van der Waals surface area contributed by atoms with Crippen LogP contribution in [0.25, 0.3) is 11.4 Å². The van der Waals surface area contributed by atoms with E-state index in [-0.39, 0.29) is 5.69 Å². The number of rotatable bonds is 4. The molecule has 0 saturated carbocycles. The fourth-order valence-electron chi connectivity index (χ4n) is 1.51. The van der Waals surface area contributed by atoms with Crippen LogP contribution >= 0.6 is 0 Å². The van der Waals surface area contributed by atoms with Crippen LogP contribution in [0.15, 0.2) is 36.5 Å². The van der Waals surface area contributed by atoms with Crippen LogP contribution in [0.5, 0.6) is 5.75 Å². The molecule has 2 rings (SSSR count). The summed E-state index contributed by atoms with van der Waals surface area (Å²) in [5.74, 6) is 0.00962. The van der Waals surface area contributed by atoms with Crippen LogP contribution in [0.2, 0.25) is 0 Å². The Balaban J connectivity index is 2.38. The summed E-state index contributed by atoms with van der Waals surface area (Å²) in [6, 6.07) is 8.59. The van der Waals surface area contributed by atoms with Crippen molar-refractivity contribution in [3.63, 3.8) is 0 Å². The van der Waals surface area contributed by atoms with Crippen molar-refractivity contribution in [2.75, 3.05) is 6.61 Å². The van der Waals surface area contributed by atoms with E-state index in [1.807, 2.05) is 25.1 Å². The Morgan fingerprint density at radius 2 is 2.22 bits per heavy atom. The average Bonchev–Trinajstić information content (AvgIpc) is 2.39. The van der Waals surface area contributed by atoms with Crippen molar-refractivity contribution in [3.05, 3.63) is 42.2 Å². The standard InChI is InChI=1S/C13H12N2O3/c1-2-18-10-5-3-4-9(8-10)12-14-7-6-11(15-12)13(16)17/h3-8H,2H2,1H3,(H,16,17). The lowest BCUT2D eigenvalue weighted by Gasteiger charge is -2.05. The van der Waals surface area contributed by atoms with Crippen LogP contribution in [0.4, 0.5) is 0 Å². The van der Waals surface area contributed by atoms with Crippen molar-refractivity contribution in [1.29, 1.82) is 0 Å². The lowest BCUT2D eigenvalue weighted by molar-refractivity contribution is 0.0690. The maximum Gasteiger partial charge on any atom is 0.354 e. The van der Waals surface area contributed by atoms with Crippen LogP contribution in [0.3, 0.4) is 0 Å². The summed E-state index contributed by atoms with van der Waals surface area (Å²) in [5, 5.41) is 8.88. The lowest BCUT2D eigenvalue weighted by atomic mass is 10.2. The fourth-order valence-corrected chi connectivity index (χ4v) is 1.51. The number of carboxylic acids is 1. The second kappa shape index (κ2) is 5.27. The third-order valence-electron chi connectivity index (χ3n) is 2.28. The molecule has 1 heterocycles. The maximum absolute atomic E-state index is 10.8. The number of carboxylic acid groups (broad SMARTS) is 1. The highest BCUT2D eigenvalue weighted by atomic mass is 16.5. The molecule has 0 aliphatic carbocycles. The van der Waals surface area contributed by atoms with Gasteiger partial charge >= 0.3 is 5.97 Å². The Hall–Kier alpha value is -2.43. The first-order valence-electron chi connectivity index (χ1n) is 5.50. The monoisotopic (exact) mass is 244 g/mol. The second-order valence-electron chi connectivity index (χ2n) is 3.53. The fraction of sp³-hybridized carbons (Fsp3) is 0.154. The van der Waals surface area contributed by atoms with Crippen LogP contribution in [-0.4, -0.2) is 27.7 Å². The van der Waals surface area contributed by atoms with E-state index in [1.165, 1.54) is 12.3 Å². The van der Waals surface area contributed by atoms with Gasteiger partial charge in [-0.2, -0.15) is 0 Å². The number of carbonyl (C=O) groups is 1. The molecule has 18 heavy (non-hydrogen) atoms. The molecule has 0 aliphatic heterocycles. The minimum atomic E-state index is -1.07. The predicted octanol–water partition coefficient (Wildman–Crippen LogP) is 2.24. The van der Waals surface area contributed by atoms with Crippen molar-refractivity contribution in [2.24, 2.45) is 0 Å². The molecule has 0 bridgehead atoms. The molecular weight excluding hydrogens is 232 g/mol. The number of hydrogen-bond acceptors (Lipinski definition) is 4. The van der Waals surface area contributed by atoms with Gasteiger partial charge in [-0.15, -0.1) is 0 Å². The molecule has 0 fully saturated rings. The minimum absolute atomic E-state index is 0.0261. The minimum Gasteiger partial charge on any atom is -0.494 e. The van der Waals surface area contributed by atoms with Gasteiger partial charge in [0.05, 0.1) is 6.61 Å². The zero-order valence-corrected chi connectivity index (χ0v) is 9.83. The van der Waals surface area contributed by atoms with Crippen LogP contribution in [-0.2, 0) is 0 Å². The van der Waals surface area contributed by atoms with E-state index in [2.05, 4.69) is 9.97 Å². The predicted molar refractivity (Wildman–Crippen MR) is 65.6 cm³/mol. The highest BCUT2D eigenvalue weighted by molar-refractivity contribution is 5.85. The molecule has 0 unspecified atom stereocenters. The van der Waals surface area contributed by atoms with Crippen molar-refractivity contribution in [2.45, 2.75) is 6.92 Å². The number of nitrogens with zero attached hydrogens (tertiary/aromatic N) is 2. The number of aromatic carboxylic acids is 1. The van der Waals surface area contributed by atoms with Crippen molar-refractivity contribution in [1.82, 2.24) is 9.97 Å². The summed E-state index contributed by atoms with van der Waals surface area (Å²) >= 11 is 0. The summed E-state index contributed by atoms with van der Waals surface area (Å²) < 4.78 is 5.37. The Morgan fingerprint density at radius 1 is 1.39 bits per heavy atom. The molecule has 0 amide bonds. The molecule has 0 spiro atoms. The Bertz CT molecular complexity index is 570. The van der Waals surface area contributed by atoms with E-state index >= 15 is 0 Å². The lowest BCUT2D eigenvalue weighted by Crippen LogP contribution is -2.02. The van der Waals surface area contributed by atoms with Crippen molar-refractivity contribution >= 4 is 5.97 Å². The Kier molecular flexibility index (Phi) is 3.52. The number of benzene rings is 1. The van der Waals surface area contributed by atoms with Crippen LogP contribution < -0.4 is 4.74 Å². The number of ether oxygens (including phenoxy) is 1. The molecule has 5 heteroatoms. The summed E-state index contributed by atoms with van der Waals surface area (Å²) in [6.07, 6.45) is 1.43. The van der Waals surface area contributed by atoms with Gasteiger partial charge in [0.15, 0.2) is 11.5 Å². The molecule has 1 aromatic heterocycles. The molecule has 5 nitrogen and oxygen atoms in total. The van der Waals surface area contributed by atoms with Gasteiger partial charge in [-0.3, -0.25) is 0 Å². The van der Waals surface area contributed by atoms with Crippen LogP contribution in [0, 0.1) is 0 Å². The van der Waals surface area contributed by atoms with Crippen LogP contribution in [0.1, 0.15) is 17.4 Å². The maximum atomic E-state index is 10.8. The van der Waals surface area contributed by atoms with Gasteiger partial charge in [-0.1, -0.05) is 12.1 Å². The topological polar surface area (TPSA) is 72.3 Å². The zero-order chi connectivity index (χ0) is 13.0. The molecule has 2 aromatic rings. The third-order valence-corrected chi connectivity index (χ3v) is 2.28. The van der Waals surface area contributed by atoms with E-state index in [1.54, 1.807) is 6.07 Å². The average molecular weight is 244 g/mol. The summed E-state index contributed by atoms with van der Waals surface area (Å²) in [6.45, 7) is 2.47. The highest BCUT2D eigenvalue weighted by Gasteiger charge is 2.08. The van der Waals surface area contributed by atoms with E-state index < -0.39 is 5.97 Å². The molecule has 0 aliphatic rings. The van der Waals surface area contributed by atoms with Crippen molar-refractivity contribution < 1.29 is 14.6 Å². The molecule has 0 atom stereocenters.